The Morgan fingerprint density at radius 2 is 1.63 bits per heavy atom. The number of carbonyl (C=O) groups is 2. The SMILES string of the molecule is CCOC(=O)c1nn(-c2ccc(OC)cc2)c(=O)c2c(NC(=O)c3ccc(-c4ccccc4)cc3)scc12. The summed E-state index contributed by atoms with van der Waals surface area (Å²) in [5.74, 6) is -0.430. The van der Waals surface area contributed by atoms with Gasteiger partial charge >= 0.3 is 5.97 Å². The number of methoxy groups -OCH3 is 1. The van der Waals surface area contributed by atoms with E-state index in [0.717, 1.165) is 27.1 Å². The summed E-state index contributed by atoms with van der Waals surface area (Å²) in [5, 5.41) is 9.60. The highest BCUT2D eigenvalue weighted by Crippen LogP contribution is 2.31. The summed E-state index contributed by atoms with van der Waals surface area (Å²) in [5.41, 5.74) is 2.40. The highest BCUT2D eigenvalue weighted by atomic mass is 32.1. The summed E-state index contributed by atoms with van der Waals surface area (Å²) in [7, 11) is 1.54. The first-order chi connectivity index (χ1) is 18.5. The normalized spacial score (nSPS) is 10.8. The number of nitrogens with one attached hydrogen (secondary N) is 1. The molecule has 0 saturated heterocycles. The van der Waals surface area contributed by atoms with E-state index in [2.05, 4.69) is 10.4 Å². The summed E-state index contributed by atoms with van der Waals surface area (Å²) >= 11 is 1.15. The lowest BCUT2D eigenvalue weighted by atomic mass is 10.0. The number of thiophene rings is 1. The predicted molar refractivity (Wildman–Crippen MR) is 148 cm³/mol. The lowest BCUT2D eigenvalue weighted by molar-refractivity contribution is 0.0520. The Labute approximate surface area is 222 Å². The van der Waals surface area contributed by atoms with Gasteiger partial charge in [0.15, 0.2) is 5.69 Å². The molecule has 38 heavy (non-hydrogen) atoms. The third-order valence-corrected chi connectivity index (χ3v) is 6.81. The van der Waals surface area contributed by atoms with Gasteiger partial charge in [0.25, 0.3) is 11.5 Å². The summed E-state index contributed by atoms with van der Waals surface area (Å²) in [6.45, 7) is 1.84. The molecule has 5 rings (SSSR count). The summed E-state index contributed by atoms with van der Waals surface area (Å²) < 4.78 is 11.5. The van der Waals surface area contributed by atoms with Gasteiger partial charge < -0.3 is 14.8 Å². The molecule has 0 spiro atoms. The zero-order chi connectivity index (χ0) is 26.6. The molecule has 1 N–H and O–H groups in total. The van der Waals surface area contributed by atoms with E-state index >= 15 is 0 Å². The molecule has 9 heteroatoms. The van der Waals surface area contributed by atoms with E-state index in [0.29, 0.717) is 27.4 Å². The molecule has 3 aromatic carbocycles. The van der Waals surface area contributed by atoms with E-state index in [1.165, 1.54) is 0 Å². The highest BCUT2D eigenvalue weighted by molar-refractivity contribution is 7.16. The molecule has 0 fully saturated rings. The molecule has 0 radical (unpaired) electrons. The van der Waals surface area contributed by atoms with Crippen LogP contribution in [-0.2, 0) is 4.74 Å². The number of carbonyl (C=O) groups excluding carboxylic acids is 2. The van der Waals surface area contributed by atoms with Crippen LogP contribution in [0.5, 0.6) is 5.75 Å². The third-order valence-electron chi connectivity index (χ3n) is 5.92. The van der Waals surface area contributed by atoms with Crippen molar-refractivity contribution in [2.24, 2.45) is 0 Å². The van der Waals surface area contributed by atoms with E-state index in [9.17, 15) is 14.4 Å². The number of ether oxygens (including phenoxy) is 2. The summed E-state index contributed by atoms with van der Waals surface area (Å²) in [6.07, 6.45) is 0. The monoisotopic (exact) mass is 525 g/mol. The molecule has 0 unspecified atom stereocenters. The topological polar surface area (TPSA) is 99.5 Å². The predicted octanol–water partition coefficient (Wildman–Crippen LogP) is 5.55. The van der Waals surface area contributed by atoms with Crippen molar-refractivity contribution in [3.05, 3.63) is 106 Å². The fraction of sp³-hybridized carbons (Fsp3) is 0.103. The number of aromatic nitrogens is 2. The molecule has 5 aromatic rings. The molecule has 0 aliphatic heterocycles. The molecule has 0 aliphatic rings. The number of esters is 1. The standard InChI is InChI=1S/C29H23N3O5S/c1-3-37-29(35)25-23-17-38-27(24(23)28(34)32(31-25)21-13-15-22(36-2)16-14-21)30-26(33)20-11-9-19(10-12-20)18-7-5-4-6-8-18/h4-17H,3H2,1-2H3,(H,30,33). The molecule has 8 nitrogen and oxygen atoms in total. The number of hydrogen-bond donors (Lipinski definition) is 1. The molecular weight excluding hydrogens is 502 g/mol. The Kier molecular flexibility index (Phi) is 7.01. The molecule has 2 heterocycles. The van der Waals surface area contributed by atoms with Crippen molar-refractivity contribution in [1.29, 1.82) is 0 Å². The molecule has 2 aromatic heterocycles. The third kappa shape index (κ3) is 4.79. The fourth-order valence-corrected chi connectivity index (χ4v) is 4.94. The van der Waals surface area contributed by atoms with Gasteiger partial charge in [0.2, 0.25) is 0 Å². The fourth-order valence-electron chi connectivity index (χ4n) is 4.01. The first kappa shape index (κ1) is 24.9. The first-order valence-corrected chi connectivity index (χ1v) is 12.7. The largest absolute Gasteiger partial charge is 0.497 e. The van der Waals surface area contributed by atoms with Gasteiger partial charge in [-0.05, 0) is 54.4 Å². The van der Waals surface area contributed by atoms with Crippen LogP contribution in [0.15, 0.2) is 89.0 Å². The van der Waals surface area contributed by atoms with Crippen LogP contribution in [0, 0.1) is 0 Å². The minimum atomic E-state index is -0.660. The van der Waals surface area contributed by atoms with Crippen molar-refractivity contribution in [3.8, 4) is 22.6 Å². The molecule has 0 aliphatic carbocycles. The van der Waals surface area contributed by atoms with Gasteiger partial charge in [0, 0.05) is 16.3 Å². The molecule has 0 atom stereocenters. The van der Waals surface area contributed by atoms with E-state index < -0.39 is 11.5 Å². The van der Waals surface area contributed by atoms with Crippen molar-refractivity contribution in [2.45, 2.75) is 6.92 Å². The minimum Gasteiger partial charge on any atom is -0.497 e. The first-order valence-electron chi connectivity index (χ1n) is 11.8. The van der Waals surface area contributed by atoms with Crippen LogP contribution in [0.4, 0.5) is 5.00 Å². The zero-order valence-corrected chi connectivity index (χ0v) is 21.5. The van der Waals surface area contributed by atoms with Crippen LogP contribution in [0.1, 0.15) is 27.8 Å². The van der Waals surface area contributed by atoms with Gasteiger partial charge in [-0.3, -0.25) is 9.59 Å². The number of benzene rings is 3. The average molecular weight is 526 g/mol. The average Bonchev–Trinajstić information content (AvgIpc) is 3.38. The van der Waals surface area contributed by atoms with E-state index in [1.54, 1.807) is 55.8 Å². The van der Waals surface area contributed by atoms with Gasteiger partial charge in [-0.1, -0.05) is 42.5 Å². The summed E-state index contributed by atoms with van der Waals surface area (Å²) in [6, 6.07) is 23.7. The minimum absolute atomic E-state index is 0.0127. The second-order valence-corrected chi connectivity index (χ2v) is 9.11. The quantitative estimate of drug-likeness (QED) is 0.280. The summed E-state index contributed by atoms with van der Waals surface area (Å²) in [4.78, 5) is 39.5. The lowest BCUT2D eigenvalue weighted by Gasteiger charge is -2.10. The maximum Gasteiger partial charge on any atom is 0.359 e. The Morgan fingerprint density at radius 1 is 0.947 bits per heavy atom. The van der Waals surface area contributed by atoms with Crippen LogP contribution >= 0.6 is 11.3 Å². The van der Waals surface area contributed by atoms with E-state index in [-0.39, 0.29) is 23.6 Å². The number of amides is 1. The second-order valence-electron chi connectivity index (χ2n) is 8.24. The van der Waals surface area contributed by atoms with E-state index in [1.807, 2.05) is 42.5 Å². The van der Waals surface area contributed by atoms with Crippen molar-refractivity contribution < 1.29 is 19.1 Å². The number of nitrogens with zero attached hydrogens (tertiary/aromatic N) is 2. The van der Waals surface area contributed by atoms with Gasteiger partial charge in [0.05, 0.1) is 24.8 Å². The highest BCUT2D eigenvalue weighted by Gasteiger charge is 2.23. The Morgan fingerprint density at radius 3 is 2.29 bits per heavy atom. The Bertz CT molecular complexity index is 1670. The van der Waals surface area contributed by atoms with E-state index in [4.69, 9.17) is 9.47 Å². The maximum atomic E-state index is 13.6. The Balaban J connectivity index is 1.54. The van der Waals surface area contributed by atoms with Gasteiger partial charge in [-0.25, -0.2) is 4.79 Å². The second kappa shape index (κ2) is 10.7. The number of fused-ring (bicyclic) bond motifs is 1. The van der Waals surface area contributed by atoms with Gasteiger partial charge in [-0.15, -0.1) is 11.3 Å². The van der Waals surface area contributed by atoms with Crippen LogP contribution in [-0.4, -0.2) is 35.4 Å². The van der Waals surface area contributed by atoms with Crippen molar-refractivity contribution in [3.63, 3.8) is 0 Å². The van der Waals surface area contributed by atoms with Crippen LogP contribution in [0.2, 0.25) is 0 Å². The van der Waals surface area contributed by atoms with Crippen molar-refractivity contribution >= 4 is 39.0 Å². The molecule has 0 bridgehead atoms. The van der Waals surface area contributed by atoms with Gasteiger partial charge in [-0.2, -0.15) is 9.78 Å². The zero-order valence-electron chi connectivity index (χ0n) is 20.6. The smallest absolute Gasteiger partial charge is 0.359 e. The number of hydrogen-bond acceptors (Lipinski definition) is 7. The molecular formula is C29H23N3O5S. The Hall–Kier alpha value is -4.76. The lowest BCUT2D eigenvalue weighted by Crippen LogP contribution is -2.25. The molecule has 0 saturated carbocycles. The van der Waals surface area contributed by atoms with Crippen LogP contribution in [0.3, 0.4) is 0 Å². The van der Waals surface area contributed by atoms with Crippen molar-refractivity contribution in [1.82, 2.24) is 9.78 Å². The van der Waals surface area contributed by atoms with Crippen LogP contribution in [0.25, 0.3) is 27.6 Å². The van der Waals surface area contributed by atoms with Gasteiger partial charge in [0.1, 0.15) is 10.8 Å². The van der Waals surface area contributed by atoms with Crippen molar-refractivity contribution in [2.75, 3.05) is 19.0 Å². The van der Waals surface area contributed by atoms with Crippen LogP contribution < -0.4 is 15.6 Å². The molecule has 1 amide bonds. The number of rotatable bonds is 7. The maximum absolute atomic E-state index is 13.6. The molecule has 190 valence electrons. The number of anilines is 1.